The third-order valence-electron chi connectivity index (χ3n) is 12.7. The summed E-state index contributed by atoms with van der Waals surface area (Å²) in [6, 6.07) is 0. The maximum absolute atomic E-state index is 12.8. The van der Waals surface area contributed by atoms with Crippen molar-refractivity contribution in [1.82, 2.24) is 0 Å². The van der Waals surface area contributed by atoms with Crippen molar-refractivity contribution in [2.75, 3.05) is 13.2 Å². The van der Waals surface area contributed by atoms with Gasteiger partial charge in [0.2, 0.25) is 0 Å². The number of esters is 2. The Kier molecular flexibility index (Phi) is 38.9. The van der Waals surface area contributed by atoms with Crippen LogP contribution in [0, 0.1) is 0 Å². The molecule has 13 nitrogen and oxygen atoms in total. The lowest BCUT2D eigenvalue weighted by Gasteiger charge is -2.41. The molecule has 380 valence electrons. The van der Waals surface area contributed by atoms with Crippen LogP contribution in [0.1, 0.15) is 251 Å². The largest absolute Gasteiger partial charge is 0.472 e. The zero-order valence-corrected chi connectivity index (χ0v) is 41.5. The number of unbranched alkanes of at least 4 members (excludes halogenated alkanes) is 33. The molecule has 0 aliphatic heterocycles. The summed E-state index contributed by atoms with van der Waals surface area (Å²) in [7, 11) is -5.11. The molecular weight excluding hydrogens is 840 g/mol. The van der Waals surface area contributed by atoms with Gasteiger partial charge in [0.05, 0.1) is 6.61 Å². The average Bonchev–Trinajstić information content (AvgIpc) is 3.28. The molecule has 0 aromatic rings. The number of carbonyl (C=O) groups excluding carboxylic acids is 2. The monoisotopic (exact) mass is 937 g/mol. The average molecular weight is 937 g/mol. The Bertz CT molecular complexity index is 1130. The smallest absolute Gasteiger partial charge is 0.462 e. The van der Waals surface area contributed by atoms with Gasteiger partial charge in [0.25, 0.3) is 0 Å². The minimum absolute atomic E-state index is 0.106. The fourth-order valence-corrected chi connectivity index (χ4v) is 9.44. The first kappa shape index (κ1) is 60.9. The molecule has 0 aromatic heterocycles. The molecule has 1 saturated carbocycles. The van der Waals surface area contributed by atoms with Crippen molar-refractivity contribution < 1.29 is 63.1 Å². The van der Waals surface area contributed by atoms with Crippen LogP contribution in [-0.2, 0) is 32.7 Å². The van der Waals surface area contributed by atoms with Crippen LogP contribution in [-0.4, -0.2) is 98.3 Å². The van der Waals surface area contributed by atoms with Crippen LogP contribution in [0.25, 0.3) is 0 Å². The molecule has 6 N–H and O–H groups in total. The summed E-state index contributed by atoms with van der Waals surface area (Å²) in [4.78, 5) is 35.8. The summed E-state index contributed by atoms with van der Waals surface area (Å²) in [6.45, 7) is 3.35. The van der Waals surface area contributed by atoms with Crippen LogP contribution < -0.4 is 0 Å². The molecule has 1 fully saturated rings. The summed E-state index contributed by atoms with van der Waals surface area (Å²) >= 11 is 0. The Morgan fingerprint density at radius 1 is 0.422 bits per heavy atom. The van der Waals surface area contributed by atoms with E-state index in [0.717, 1.165) is 38.5 Å². The predicted octanol–water partition coefficient (Wildman–Crippen LogP) is 11.2. The second kappa shape index (κ2) is 40.9. The van der Waals surface area contributed by atoms with E-state index in [1.54, 1.807) is 0 Å². The first-order valence-corrected chi connectivity index (χ1v) is 27.8. The number of hydrogen-bond acceptors (Lipinski definition) is 12. The molecule has 0 spiro atoms. The zero-order chi connectivity index (χ0) is 47.1. The Balaban J connectivity index is 2.36. The van der Waals surface area contributed by atoms with Gasteiger partial charge in [-0.3, -0.25) is 18.6 Å². The SMILES string of the molecule is CCCCCCCCCCCCCCCCCCCCCCC(=O)OC(COC(=O)CCCCCCCCCCCCCCCCC)COP(=O)(O)OC1C(O)C(O)C(O)C(O)C1O. The van der Waals surface area contributed by atoms with Crippen LogP contribution in [0.3, 0.4) is 0 Å². The number of hydrogen-bond donors (Lipinski definition) is 6. The Labute approximate surface area is 389 Å². The van der Waals surface area contributed by atoms with E-state index in [1.165, 1.54) is 173 Å². The summed E-state index contributed by atoms with van der Waals surface area (Å²) in [5.41, 5.74) is 0. The first-order valence-electron chi connectivity index (χ1n) is 26.3. The van der Waals surface area contributed by atoms with Crippen molar-refractivity contribution in [3.05, 3.63) is 0 Å². The molecule has 1 rings (SSSR count). The van der Waals surface area contributed by atoms with E-state index in [9.17, 15) is 44.6 Å². The van der Waals surface area contributed by atoms with Gasteiger partial charge in [0.15, 0.2) is 6.10 Å². The topological polar surface area (TPSA) is 210 Å². The number of rotatable bonds is 45. The fourth-order valence-electron chi connectivity index (χ4n) is 8.47. The molecule has 0 heterocycles. The van der Waals surface area contributed by atoms with E-state index < -0.39 is 75.7 Å². The molecule has 64 heavy (non-hydrogen) atoms. The van der Waals surface area contributed by atoms with Crippen molar-refractivity contribution in [2.24, 2.45) is 0 Å². The van der Waals surface area contributed by atoms with Gasteiger partial charge in [0, 0.05) is 12.8 Å². The third kappa shape index (κ3) is 32.5. The fraction of sp³-hybridized carbons (Fsp3) is 0.960. The first-order chi connectivity index (χ1) is 30.9. The number of ether oxygens (including phenoxy) is 2. The van der Waals surface area contributed by atoms with E-state index in [0.29, 0.717) is 12.8 Å². The van der Waals surface area contributed by atoms with Gasteiger partial charge in [-0.2, -0.15) is 0 Å². The molecular formula is C50H97O13P. The third-order valence-corrected chi connectivity index (χ3v) is 13.7. The number of phosphoric ester groups is 1. The maximum Gasteiger partial charge on any atom is 0.472 e. The Morgan fingerprint density at radius 3 is 1.03 bits per heavy atom. The summed E-state index contributed by atoms with van der Waals surface area (Å²) in [5.74, 6) is -1.08. The maximum atomic E-state index is 12.8. The van der Waals surface area contributed by atoms with Crippen molar-refractivity contribution in [1.29, 1.82) is 0 Å². The molecule has 1 aliphatic carbocycles. The van der Waals surface area contributed by atoms with Crippen molar-refractivity contribution >= 4 is 19.8 Å². The highest BCUT2D eigenvalue weighted by Crippen LogP contribution is 2.47. The van der Waals surface area contributed by atoms with Gasteiger partial charge >= 0.3 is 19.8 Å². The molecule has 1 aliphatic rings. The number of aliphatic hydroxyl groups excluding tert-OH is 5. The quantitative estimate of drug-likeness (QED) is 0.0191. The molecule has 0 bridgehead atoms. The normalized spacial score (nSPS) is 21.4. The van der Waals surface area contributed by atoms with Crippen LogP contribution in [0.15, 0.2) is 0 Å². The van der Waals surface area contributed by atoms with Gasteiger partial charge < -0.3 is 39.9 Å². The molecule has 0 amide bonds. The van der Waals surface area contributed by atoms with Crippen molar-refractivity contribution in [2.45, 2.75) is 294 Å². The summed E-state index contributed by atoms with van der Waals surface area (Å²) in [5, 5.41) is 50.3. The van der Waals surface area contributed by atoms with Crippen LogP contribution in [0.2, 0.25) is 0 Å². The summed E-state index contributed by atoms with van der Waals surface area (Å²) in [6.07, 6.45) is 30.1. The van der Waals surface area contributed by atoms with E-state index >= 15 is 0 Å². The molecule has 0 aromatic carbocycles. The zero-order valence-electron chi connectivity index (χ0n) is 40.6. The predicted molar refractivity (Wildman–Crippen MR) is 254 cm³/mol. The van der Waals surface area contributed by atoms with Crippen LogP contribution >= 0.6 is 7.82 Å². The highest BCUT2D eigenvalue weighted by atomic mass is 31.2. The Hall–Kier alpha value is -1.15. The van der Waals surface area contributed by atoms with Crippen LogP contribution in [0.4, 0.5) is 0 Å². The van der Waals surface area contributed by atoms with E-state index in [1.807, 2.05) is 0 Å². The number of carbonyl (C=O) groups is 2. The number of phosphoric acid groups is 1. The lowest BCUT2D eigenvalue weighted by molar-refractivity contribution is -0.220. The minimum atomic E-state index is -5.11. The van der Waals surface area contributed by atoms with Gasteiger partial charge in [-0.05, 0) is 12.8 Å². The van der Waals surface area contributed by atoms with E-state index in [4.69, 9.17) is 18.5 Å². The van der Waals surface area contributed by atoms with Gasteiger partial charge in [-0.25, -0.2) is 4.57 Å². The second-order valence-electron chi connectivity index (χ2n) is 18.7. The lowest BCUT2D eigenvalue weighted by Crippen LogP contribution is -2.64. The van der Waals surface area contributed by atoms with E-state index in [2.05, 4.69) is 13.8 Å². The standard InChI is InChI=1S/C50H97O13P/c1-3-5-7-9-11-13-15-17-19-20-21-22-23-25-27-29-31-33-35-37-39-44(52)62-42(41-61-64(58,59)63-50-48(56)46(54)45(53)47(55)49(50)57)40-60-43(51)38-36-34-32-30-28-26-24-18-16-14-12-10-8-6-4-2/h42,45-50,53-57H,3-41H2,1-2H3,(H,58,59). The molecule has 6 atom stereocenters. The van der Waals surface area contributed by atoms with Crippen molar-refractivity contribution in [3.8, 4) is 0 Å². The van der Waals surface area contributed by atoms with Crippen molar-refractivity contribution in [3.63, 3.8) is 0 Å². The van der Waals surface area contributed by atoms with Gasteiger partial charge in [-0.15, -0.1) is 0 Å². The lowest BCUT2D eigenvalue weighted by atomic mass is 9.85. The molecule has 6 unspecified atom stereocenters. The van der Waals surface area contributed by atoms with E-state index in [-0.39, 0.29) is 12.8 Å². The van der Waals surface area contributed by atoms with Gasteiger partial charge in [0.1, 0.15) is 43.2 Å². The van der Waals surface area contributed by atoms with Crippen LogP contribution in [0.5, 0.6) is 0 Å². The Morgan fingerprint density at radius 2 is 0.703 bits per heavy atom. The molecule has 0 radical (unpaired) electrons. The molecule has 14 heteroatoms. The highest BCUT2D eigenvalue weighted by Gasteiger charge is 2.51. The summed E-state index contributed by atoms with van der Waals surface area (Å²) < 4.78 is 33.7. The minimum Gasteiger partial charge on any atom is -0.462 e. The second-order valence-corrected chi connectivity index (χ2v) is 20.2. The highest BCUT2D eigenvalue weighted by molar-refractivity contribution is 7.47. The molecule has 0 saturated heterocycles. The van der Waals surface area contributed by atoms with Gasteiger partial charge in [-0.1, -0.05) is 226 Å². The number of aliphatic hydroxyl groups is 5.